The predicted molar refractivity (Wildman–Crippen MR) is 97.7 cm³/mol. The van der Waals surface area contributed by atoms with Crippen molar-refractivity contribution < 1.29 is 4.79 Å². The van der Waals surface area contributed by atoms with Crippen molar-refractivity contribution in [1.29, 1.82) is 0 Å². The van der Waals surface area contributed by atoms with Gasteiger partial charge in [0.2, 0.25) is 0 Å². The molecule has 1 fully saturated rings. The third-order valence-corrected chi connectivity index (χ3v) is 4.95. The molecule has 0 amide bonds. The fraction of sp³-hybridized carbons (Fsp3) is 0.278. The number of anilines is 1. The maximum atomic E-state index is 11.1. The van der Waals surface area contributed by atoms with E-state index in [-0.39, 0.29) is 6.15 Å². The van der Waals surface area contributed by atoms with Crippen LogP contribution in [0.25, 0.3) is 0 Å². The second kappa shape index (κ2) is 6.91. The Bertz CT molecular complexity index is 697. The lowest BCUT2D eigenvalue weighted by molar-refractivity contribution is 0.112. The van der Waals surface area contributed by atoms with Gasteiger partial charge in [-0.3, -0.25) is 4.79 Å². The zero-order valence-electron chi connectivity index (χ0n) is 13.3. The van der Waals surface area contributed by atoms with Crippen molar-refractivity contribution in [3.05, 3.63) is 62.6 Å². The number of benzene rings is 2. The molecule has 0 spiro atoms. The Balaban J connectivity index is 0.00000192. The highest BCUT2D eigenvalue weighted by molar-refractivity contribution is 6.39. The molecular formula is C18H20Cl2N2O. The summed E-state index contributed by atoms with van der Waals surface area (Å²) in [6.45, 7) is 5.76. The van der Waals surface area contributed by atoms with Crippen LogP contribution in [0.3, 0.4) is 0 Å². The summed E-state index contributed by atoms with van der Waals surface area (Å²) in [6, 6.07) is 9.82. The normalized spacial score (nSPS) is 14.2. The van der Waals surface area contributed by atoms with Crippen molar-refractivity contribution in [1.82, 2.24) is 6.15 Å². The molecule has 0 aromatic heterocycles. The van der Waals surface area contributed by atoms with Gasteiger partial charge in [-0.2, -0.15) is 0 Å². The van der Waals surface area contributed by atoms with Crippen molar-refractivity contribution in [2.75, 3.05) is 18.0 Å². The topological polar surface area (TPSA) is 55.3 Å². The molecule has 1 aliphatic heterocycles. The van der Waals surface area contributed by atoms with Crippen LogP contribution >= 0.6 is 23.2 Å². The molecule has 2 aromatic rings. The van der Waals surface area contributed by atoms with E-state index in [4.69, 9.17) is 23.2 Å². The van der Waals surface area contributed by atoms with E-state index in [1.807, 2.05) is 32.0 Å². The van der Waals surface area contributed by atoms with E-state index in [0.29, 0.717) is 16.0 Å². The van der Waals surface area contributed by atoms with Gasteiger partial charge in [-0.1, -0.05) is 41.4 Å². The number of aldehydes is 1. The lowest BCUT2D eigenvalue weighted by Crippen LogP contribution is -2.45. The zero-order valence-corrected chi connectivity index (χ0v) is 14.8. The van der Waals surface area contributed by atoms with E-state index in [2.05, 4.69) is 17.0 Å². The number of halogens is 2. The Morgan fingerprint density at radius 2 is 1.61 bits per heavy atom. The van der Waals surface area contributed by atoms with Crippen LogP contribution in [0.5, 0.6) is 0 Å². The van der Waals surface area contributed by atoms with Crippen LogP contribution in [0.15, 0.2) is 30.3 Å². The van der Waals surface area contributed by atoms with Crippen LogP contribution in [0.1, 0.15) is 33.0 Å². The first-order chi connectivity index (χ1) is 10.5. The molecule has 1 heterocycles. The van der Waals surface area contributed by atoms with E-state index in [0.717, 1.165) is 41.8 Å². The summed E-state index contributed by atoms with van der Waals surface area (Å²) in [5.74, 6) is 0.449. The van der Waals surface area contributed by atoms with Gasteiger partial charge in [0.1, 0.15) is 0 Å². The molecule has 0 unspecified atom stereocenters. The largest absolute Gasteiger partial charge is 0.368 e. The molecule has 3 N–H and O–H groups in total. The summed E-state index contributed by atoms with van der Waals surface area (Å²) >= 11 is 12.5. The van der Waals surface area contributed by atoms with Crippen LogP contribution in [-0.2, 0) is 0 Å². The average Bonchev–Trinajstić information content (AvgIpc) is 2.40. The van der Waals surface area contributed by atoms with Gasteiger partial charge in [0.05, 0.1) is 15.7 Å². The Kier molecular flexibility index (Phi) is 5.35. The first-order valence-electron chi connectivity index (χ1n) is 7.26. The molecule has 3 rings (SSSR count). The minimum atomic E-state index is 0. The Labute approximate surface area is 146 Å². The third-order valence-electron chi connectivity index (χ3n) is 4.34. The lowest BCUT2D eigenvalue weighted by atomic mass is 9.87. The Morgan fingerprint density at radius 3 is 2.09 bits per heavy atom. The number of nitrogens with zero attached hydrogens (tertiary/aromatic N) is 1. The van der Waals surface area contributed by atoms with Crippen molar-refractivity contribution in [3.63, 3.8) is 0 Å². The molecule has 0 aliphatic carbocycles. The predicted octanol–water partition coefficient (Wildman–Crippen LogP) is 5.19. The minimum absolute atomic E-state index is 0. The number of aryl methyl sites for hydroxylation is 2. The average molecular weight is 351 g/mol. The first-order valence-corrected chi connectivity index (χ1v) is 8.02. The standard InChI is InChI=1S/C18H17Cl2NO.H3N/c1-11-6-13(7-12(2)15(11)10-22)14-8-21(9-14)18-16(19)4-3-5-17(18)20;/h3-7,10,14H,8-9H2,1-2H3;1H3. The van der Waals surface area contributed by atoms with Crippen LogP contribution < -0.4 is 11.1 Å². The molecule has 3 nitrogen and oxygen atoms in total. The van der Waals surface area contributed by atoms with Gasteiger partial charge in [-0.25, -0.2) is 0 Å². The minimum Gasteiger partial charge on any atom is -0.368 e. The molecule has 122 valence electrons. The van der Waals surface area contributed by atoms with Gasteiger partial charge in [0.15, 0.2) is 6.29 Å². The van der Waals surface area contributed by atoms with Gasteiger partial charge in [0.25, 0.3) is 0 Å². The number of hydrogen-bond acceptors (Lipinski definition) is 3. The van der Waals surface area contributed by atoms with Crippen molar-refractivity contribution >= 4 is 35.2 Å². The van der Waals surface area contributed by atoms with Crippen LogP contribution in [-0.4, -0.2) is 19.4 Å². The number of rotatable bonds is 3. The highest BCUT2D eigenvalue weighted by Crippen LogP contribution is 2.40. The summed E-state index contributed by atoms with van der Waals surface area (Å²) in [5, 5.41) is 1.38. The smallest absolute Gasteiger partial charge is 0.150 e. The summed E-state index contributed by atoms with van der Waals surface area (Å²) in [5.41, 5.74) is 5.08. The summed E-state index contributed by atoms with van der Waals surface area (Å²) < 4.78 is 0. The van der Waals surface area contributed by atoms with Crippen molar-refractivity contribution in [2.24, 2.45) is 0 Å². The van der Waals surface area contributed by atoms with Gasteiger partial charge < -0.3 is 11.1 Å². The fourth-order valence-corrected chi connectivity index (χ4v) is 3.73. The molecule has 0 radical (unpaired) electrons. The first kappa shape index (κ1) is 17.8. The number of para-hydroxylation sites is 1. The zero-order chi connectivity index (χ0) is 15.9. The van der Waals surface area contributed by atoms with E-state index in [1.165, 1.54) is 5.56 Å². The molecule has 0 saturated carbocycles. The molecular weight excluding hydrogens is 331 g/mol. The number of carbonyl (C=O) groups excluding carboxylic acids is 1. The quantitative estimate of drug-likeness (QED) is 0.775. The molecule has 23 heavy (non-hydrogen) atoms. The monoisotopic (exact) mass is 350 g/mol. The number of carbonyl (C=O) groups is 1. The third kappa shape index (κ3) is 3.23. The van der Waals surface area contributed by atoms with Gasteiger partial charge in [0, 0.05) is 24.6 Å². The molecule has 0 atom stereocenters. The molecule has 1 aliphatic rings. The fourth-order valence-electron chi connectivity index (χ4n) is 3.09. The van der Waals surface area contributed by atoms with Crippen LogP contribution in [0, 0.1) is 13.8 Å². The van der Waals surface area contributed by atoms with E-state index in [9.17, 15) is 4.79 Å². The summed E-state index contributed by atoms with van der Waals surface area (Å²) in [6.07, 6.45) is 0.936. The lowest BCUT2D eigenvalue weighted by Gasteiger charge is -2.42. The summed E-state index contributed by atoms with van der Waals surface area (Å²) in [4.78, 5) is 13.3. The SMILES string of the molecule is Cc1cc(C2CN(c3c(Cl)cccc3Cl)C2)cc(C)c1C=O.N. The van der Waals surface area contributed by atoms with Crippen LogP contribution in [0.4, 0.5) is 5.69 Å². The molecule has 5 heteroatoms. The van der Waals surface area contributed by atoms with E-state index < -0.39 is 0 Å². The van der Waals surface area contributed by atoms with Crippen molar-refractivity contribution in [2.45, 2.75) is 19.8 Å². The Hall–Kier alpha value is -1.55. The molecule has 1 saturated heterocycles. The highest BCUT2D eigenvalue weighted by Gasteiger charge is 2.31. The van der Waals surface area contributed by atoms with Crippen molar-refractivity contribution in [3.8, 4) is 0 Å². The maximum absolute atomic E-state index is 11.1. The maximum Gasteiger partial charge on any atom is 0.150 e. The molecule has 0 bridgehead atoms. The van der Waals surface area contributed by atoms with Gasteiger partial charge >= 0.3 is 0 Å². The van der Waals surface area contributed by atoms with E-state index in [1.54, 1.807) is 0 Å². The molecule has 2 aromatic carbocycles. The van der Waals surface area contributed by atoms with Gasteiger partial charge in [-0.05, 0) is 42.7 Å². The summed E-state index contributed by atoms with van der Waals surface area (Å²) in [7, 11) is 0. The number of hydrogen-bond donors (Lipinski definition) is 1. The van der Waals surface area contributed by atoms with Gasteiger partial charge in [-0.15, -0.1) is 0 Å². The second-order valence-corrected chi connectivity index (χ2v) is 6.67. The van der Waals surface area contributed by atoms with E-state index >= 15 is 0 Å². The highest BCUT2D eigenvalue weighted by atomic mass is 35.5. The Morgan fingerprint density at radius 1 is 1.09 bits per heavy atom. The van der Waals surface area contributed by atoms with Crippen LogP contribution in [0.2, 0.25) is 10.0 Å². The second-order valence-electron chi connectivity index (χ2n) is 5.86.